The third-order valence-electron chi connectivity index (χ3n) is 5.97. The molecule has 1 aromatic rings. The number of esters is 1. The largest absolute Gasteiger partial charge is 0.469 e. The second-order valence-electron chi connectivity index (χ2n) is 7.71. The van der Waals surface area contributed by atoms with E-state index in [1.807, 2.05) is 0 Å². The van der Waals surface area contributed by atoms with Gasteiger partial charge in [0.2, 0.25) is 5.69 Å². The van der Waals surface area contributed by atoms with Crippen LogP contribution in [0.25, 0.3) is 4.85 Å². The van der Waals surface area contributed by atoms with Crippen LogP contribution in [0.3, 0.4) is 0 Å². The molecule has 1 atom stereocenters. The molecule has 1 aromatic heterocycles. The van der Waals surface area contributed by atoms with Crippen LogP contribution in [0, 0.1) is 12.5 Å². The third-order valence-corrected chi connectivity index (χ3v) is 5.97. The fourth-order valence-corrected chi connectivity index (χ4v) is 4.32. The standard InChI is InChI=1S/C19H20F4N4O2/c1-24-15-14-11(3-5-19(14,22)23)17(26-8-10(9-26)7-13(28)29-2)25-18(15)27-6-4-12(27)16(20)21/h10,12,16H,3-9H2,2H3. The summed E-state index contributed by atoms with van der Waals surface area (Å²) in [6, 6.07) is -1.12. The predicted octanol–water partition coefficient (Wildman–Crippen LogP) is 3.51. The first-order chi connectivity index (χ1) is 13.8. The van der Waals surface area contributed by atoms with Gasteiger partial charge in [-0.15, -0.1) is 0 Å². The first-order valence-corrected chi connectivity index (χ1v) is 9.46. The fraction of sp³-hybridized carbons (Fsp3) is 0.632. The van der Waals surface area contributed by atoms with E-state index in [4.69, 9.17) is 6.57 Å². The highest BCUT2D eigenvalue weighted by molar-refractivity contribution is 5.80. The molecule has 1 aliphatic carbocycles. The van der Waals surface area contributed by atoms with Crippen molar-refractivity contribution >= 4 is 23.3 Å². The molecule has 1 unspecified atom stereocenters. The number of anilines is 2. The average molecular weight is 412 g/mol. The Morgan fingerprint density at radius 2 is 2.10 bits per heavy atom. The summed E-state index contributed by atoms with van der Waals surface area (Å²) < 4.78 is 60.5. The Morgan fingerprint density at radius 1 is 1.38 bits per heavy atom. The number of halogens is 4. The highest BCUT2D eigenvalue weighted by Gasteiger charge is 2.48. The van der Waals surface area contributed by atoms with Crippen LogP contribution in [0.1, 0.15) is 30.4 Å². The lowest BCUT2D eigenvalue weighted by Gasteiger charge is -2.44. The number of alkyl halides is 4. The number of pyridine rings is 1. The first kappa shape index (κ1) is 19.7. The maximum absolute atomic E-state index is 14.6. The first-order valence-electron chi connectivity index (χ1n) is 9.46. The molecule has 0 spiro atoms. The summed E-state index contributed by atoms with van der Waals surface area (Å²) in [6.45, 7) is 8.56. The second-order valence-corrected chi connectivity index (χ2v) is 7.71. The lowest BCUT2D eigenvalue weighted by molar-refractivity contribution is -0.141. The molecule has 3 aliphatic rings. The number of ether oxygens (including phenoxy) is 1. The number of carbonyl (C=O) groups excluding carboxylic acids is 1. The number of methoxy groups -OCH3 is 1. The Kier molecular flexibility index (Phi) is 4.79. The quantitative estimate of drug-likeness (QED) is 0.421. The minimum absolute atomic E-state index is 0.0172. The summed E-state index contributed by atoms with van der Waals surface area (Å²) in [5.41, 5.74) is -0.373. The van der Waals surface area contributed by atoms with Crippen molar-refractivity contribution in [1.29, 1.82) is 0 Å². The third kappa shape index (κ3) is 3.16. The summed E-state index contributed by atoms with van der Waals surface area (Å²) in [6.07, 6.45) is -2.55. The predicted molar refractivity (Wildman–Crippen MR) is 96.8 cm³/mol. The van der Waals surface area contributed by atoms with Crippen molar-refractivity contribution in [3.8, 4) is 0 Å². The number of rotatable bonds is 5. The van der Waals surface area contributed by atoms with Gasteiger partial charge in [0.25, 0.3) is 12.3 Å². The summed E-state index contributed by atoms with van der Waals surface area (Å²) in [7, 11) is 1.30. The van der Waals surface area contributed by atoms with E-state index in [9.17, 15) is 22.4 Å². The Hall–Kier alpha value is -2.57. The highest BCUT2D eigenvalue weighted by Crippen LogP contribution is 2.53. The number of fused-ring (bicyclic) bond motifs is 1. The SMILES string of the molecule is [C-]#[N+]c1c(N2CCC2C(F)F)nc(N2CC(CC(=O)OC)C2)c2c1C(F)(F)CC2. The van der Waals surface area contributed by atoms with Gasteiger partial charge in [0, 0.05) is 37.5 Å². The van der Waals surface area contributed by atoms with Crippen LogP contribution < -0.4 is 9.80 Å². The van der Waals surface area contributed by atoms with E-state index in [0.29, 0.717) is 24.5 Å². The molecule has 2 fully saturated rings. The number of nitrogens with zero attached hydrogens (tertiary/aromatic N) is 4. The average Bonchev–Trinajstić information content (AvgIpc) is 2.91. The van der Waals surface area contributed by atoms with Gasteiger partial charge in [-0.1, -0.05) is 0 Å². The van der Waals surface area contributed by atoms with E-state index >= 15 is 0 Å². The minimum atomic E-state index is -3.19. The van der Waals surface area contributed by atoms with Crippen molar-refractivity contribution in [1.82, 2.24) is 4.98 Å². The Bertz CT molecular complexity index is 880. The van der Waals surface area contributed by atoms with Gasteiger partial charge in [-0.2, -0.15) is 0 Å². The molecule has 0 aromatic carbocycles. The normalized spacial score (nSPS) is 22.7. The zero-order valence-corrected chi connectivity index (χ0v) is 15.8. The summed E-state index contributed by atoms with van der Waals surface area (Å²) in [5, 5.41) is 0. The van der Waals surface area contributed by atoms with E-state index in [1.165, 1.54) is 12.0 Å². The van der Waals surface area contributed by atoms with Crippen molar-refractivity contribution in [3.63, 3.8) is 0 Å². The molecule has 156 valence electrons. The Balaban J connectivity index is 1.72. The van der Waals surface area contributed by atoms with Gasteiger partial charge in [0.05, 0.1) is 26.1 Å². The van der Waals surface area contributed by atoms with Gasteiger partial charge < -0.3 is 14.5 Å². The highest BCUT2D eigenvalue weighted by atomic mass is 19.3. The molecule has 0 N–H and O–H groups in total. The molecule has 3 heterocycles. The van der Waals surface area contributed by atoms with Crippen LogP contribution in [0.2, 0.25) is 0 Å². The van der Waals surface area contributed by atoms with Gasteiger partial charge in [-0.25, -0.2) is 27.4 Å². The van der Waals surface area contributed by atoms with Crippen LogP contribution in [-0.2, 0) is 21.9 Å². The molecule has 0 amide bonds. The maximum atomic E-state index is 14.6. The molecule has 2 saturated heterocycles. The lowest BCUT2D eigenvalue weighted by atomic mass is 9.95. The molecular weight excluding hydrogens is 392 g/mol. The molecule has 2 aliphatic heterocycles. The van der Waals surface area contributed by atoms with Gasteiger partial charge in [0.1, 0.15) is 11.6 Å². The minimum Gasteiger partial charge on any atom is -0.469 e. The molecule has 4 rings (SSSR count). The zero-order valence-electron chi connectivity index (χ0n) is 15.8. The van der Waals surface area contributed by atoms with Crippen LogP contribution >= 0.6 is 0 Å². The van der Waals surface area contributed by atoms with E-state index in [2.05, 4.69) is 14.6 Å². The smallest absolute Gasteiger partial charge is 0.305 e. The molecule has 29 heavy (non-hydrogen) atoms. The number of carbonyl (C=O) groups is 1. The van der Waals surface area contributed by atoms with Crippen molar-refractivity contribution in [2.24, 2.45) is 5.92 Å². The number of hydrogen-bond acceptors (Lipinski definition) is 5. The Morgan fingerprint density at radius 3 is 2.66 bits per heavy atom. The summed E-state index contributed by atoms with van der Waals surface area (Å²) >= 11 is 0. The van der Waals surface area contributed by atoms with Crippen molar-refractivity contribution < 1.29 is 27.1 Å². The monoisotopic (exact) mass is 412 g/mol. The number of aromatic nitrogens is 1. The number of hydrogen-bond donors (Lipinski definition) is 0. The van der Waals surface area contributed by atoms with Crippen LogP contribution in [0.15, 0.2) is 0 Å². The van der Waals surface area contributed by atoms with Gasteiger partial charge in [-0.3, -0.25) is 4.79 Å². The fourth-order valence-electron chi connectivity index (χ4n) is 4.32. The van der Waals surface area contributed by atoms with Crippen LogP contribution in [0.5, 0.6) is 0 Å². The molecular formula is C19H20F4N4O2. The summed E-state index contributed by atoms with van der Waals surface area (Å²) in [5.74, 6) is -3.28. The maximum Gasteiger partial charge on any atom is 0.305 e. The second kappa shape index (κ2) is 7.04. The van der Waals surface area contributed by atoms with Gasteiger partial charge in [-0.05, 0) is 18.4 Å². The Labute approximate surface area is 165 Å². The molecule has 6 nitrogen and oxygen atoms in total. The topological polar surface area (TPSA) is 50.0 Å². The van der Waals surface area contributed by atoms with Crippen LogP contribution in [0.4, 0.5) is 34.9 Å². The van der Waals surface area contributed by atoms with E-state index < -0.39 is 24.8 Å². The zero-order chi connectivity index (χ0) is 20.9. The van der Waals surface area contributed by atoms with Crippen molar-refractivity contribution in [2.45, 2.75) is 44.1 Å². The van der Waals surface area contributed by atoms with E-state index in [-0.39, 0.29) is 54.8 Å². The molecule has 0 radical (unpaired) electrons. The van der Waals surface area contributed by atoms with Crippen molar-refractivity contribution in [2.75, 3.05) is 36.5 Å². The van der Waals surface area contributed by atoms with Crippen molar-refractivity contribution in [3.05, 3.63) is 22.5 Å². The molecule has 0 saturated carbocycles. The van der Waals surface area contributed by atoms with E-state index in [1.54, 1.807) is 4.90 Å². The van der Waals surface area contributed by atoms with Gasteiger partial charge in [0.15, 0.2) is 0 Å². The van der Waals surface area contributed by atoms with E-state index in [0.717, 1.165) is 0 Å². The molecule has 10 heteroatoms. The summed E-state index contributed by atoms with van der Waals surface area (Å²) in [4.78, 5) is 22.2. The van der Waals surface area contributed by atoms with Gasteiger partial charge >= 0.3 is 5.97 Å². The lowest BCUT2D eigenvalue weighted by Crippen LogP contribution is -2.53. The molecule has 0 bridgehead atoms. The van der Waals surface area contributed by atoms with Crippen LogP contribution in [-0.4, -0.2) is 50.2 Å².